The van der Waals surface area contributed by atoms with Gasteiger partial charge in [-0.3, -0.25) is 4.79 Å². The normalized spacial score (nSPS) is 25.7. The Morgan fingerprint density at radius 3 is 2.17 bits per heavy atom. The number of carbonyl (C=O) groups excluding carboxylic acids is 2. The highest BCUT2D eigenvalue weighted by Gasteiger charge is 2.54. The molecule has 3 aliphatic heterocycles. The Bertz CT molecular complexity index is 1080. The van der Waals surface area contributed by atoms with Crippen LogP contribution < -0.4 is 0 Å². The first-order valence-corrected chi connectivity index (χ1v) is 12.9. The van der Waals surface area contributed by atoms with Crippen molar-refractivity contribution in [1.29, 1.82) is 0 Å². The highest BCUT2D eigenvalue weighted by molar-refractivity contribution is 7.80. The van der Waals surface area contributed by atoms with Gasteiger partial charge in [-0.2, -0.15) is 0 Å². The van der Waals surface area contributed by atoms with Crippen molar-refractivity contribution in [2.24, 2.45) is 0 Å². The van der Waals surface area contributed by atoms with Gasteiger partial charge < -0.3 is 28.9 Å². The molecule has 2 aromatic rings. The summed E-state index contributed by atoms with van der Waals surface area (Å²) in [6.45, 7) is 4.42. The fourth-order valence-electron chi connectivity index (χ4n) is 5.04. The Labute approximate surface area is 216 Å². The van der Waals surface area contributed by atoms with Gasteiger partial charge in [-0.15, -0.1) is 0 Å². The van der Waals surface area contributed by atoms with E-state index in [0.29, 0.717) is 50.7 Å². The molecule has 5 rings (SSSR count). The minimum atomic E-state index is -0.796. The molecule has 2 bridgehead atoms. The molecule has 9 heteroatoms. The van der Waals surface area contributed by atoms with Crippen molar-refractivity contribution in [3.8, 4) is 0 Å². The summed E-state index contributed by atoms with van der Waals surface area (Å²) < 4.78 is 17.6. The largest absolute Gasteiger partial charge is 0.450 e. The first-order chi connectivity index (χ1) is 17.5. The number of benzene rings is 2. The molecule has 0 saturated carbocycles. The van der Waals surface area contributed by atoms with Gasteiger partial charge >= 0.3 is 6.09 Å². The molecule has 3 heterocycles. The third-order valence-electron chi connectivity index (χ3n) is 6.92. The maximum absolute atomic E-state index is 13.5. The van der Waals surface area contributed by atoms with Gasteiger partial charge in [-0.25, -0.2) is 4.79 Å². The van der Waals surface area contributed by atoms with E-state index in [1.165, 1.54) is 0 Å². The molecule has 0 aliphatic carbocycles. The molecule has 0 aromatic heterocycles. The molecular weight excluding hydrogens is 478 g/mol. The summed E-state index contributed by atoms with van der Waals surface area (Å²) in [5.74, 6) is -0.145. The summed E-state index contributed by atoms with van der Waals surface area (Å²) in [7, 11) is 0. The van der Waals surface area contributed by atoms with Crippen molar-refractivity contribution in [1.82, 2.24) is 14.7 Å². The summed E-state index contributed by atoms with van der Waals surface area (Å²) in [4.78, 5) is 31.7. The molecule has 2 aromatic carbocycles. The number of amides is 2. The van der Waals surface area contributed by atoms with Gasteiger partial charge in [-0.1, -0.05) is 72.9 Å². The fourth-order valence-corrected chi connectivity index (χ4v) is 5.41. The number of nitrogens with zero attached hydrogens (tertiary/aromatic N) is 3. The van der Waals surface area contributed by atoms with Crippen molar-refractivity contribution in [2.45, 2.75) is 44.4 Å². The Kier molecular flexibility index (Phi) is 7.50. The average Bonchev–Trinajstić information content (AvgIpc) is 3.32. The van der Waals surface area contributed by atoms with Gasteiger partial charge in [0.1, 0.15) is 11.1 Å². The Hall–Kier alpha value is -3.01. The molecule has 190 valence electrons. The lowest BCUT2D eigenvalue weighted by Gasteiger charge is -2.41. The molecule has 3 aliphatic rings. The van der Waals surface area contributed by atoms with Gasteiger partial charge in [0.2, 0.25) is 0 Å². The topological polar surface area (TPSA) is 71.5 Å². The van der Waals surface area contributed by atoms with E-state index in [4.69, 9.17) is 26.4 Å². The Balaban J connectivity index is 1.32. The van der Waals surface area contributed by atoms with Crippen LogP contribution in [0.4, 0.5) is 4.79 Å². The predicted octanol–water partition coefficient (Wildman–Crippen LogP) is 2.85. The number of fused-ring (bicyclic) bond motifs is 2. The lowest BCUT2D eigenvalue weighted by molar-refractivity contribution is -0.149. The van der Waals surface area contributed by atoms with Crippen LogP contribution in [0.15, 0.2) is 60.7 Å². The van der Waals surface area contributed by atoms with E-state index in [1.54, 1.807) is 16.7 Å². The number of piperazine rings is 1. The molecule has 3 saturated heterocycles. The highest BCUT2D eigenvalue weighted by Crippen LogP contribution is 2.35. The molecule has 4 atom stereocenters. The number of thiocarbonyl (C=S) groups is 1. The van der Waals surface area contributed by atoms with Crippen LogP contribution in [0.25, 0.3) is 0 Å². The minimum Gasteiger partial charge on any atom is -0.450 e. The lowest BCUT2D eigenvalue weighted by Crippen LogP contribution is -2.57. The Morgan fingerprint density at radius 2 is 1.53 bits per heavy atom. The van der Waals surface area contributed by atoms with E-state index >= 15 is 0 Å². The van der Waals surface area contributed by atoms with Gasteiger partial charge in [0.05, 0.1) is 12.6 Å². The van der Waals surface area contributed by atoms with Gasteiger partial charge in [0.15, 0.2) is 12.4 Å². The van der Waals surface area contributed by atoms with Crippen LogP contribution in [0, 0.1) is 0 Å². The van der Waals surface area contributed by atoms with Gasteiger partial charge in [-0.05, 0) is 24.5 Å². The smallest absolute Gasteiger partial charge is 0.409 e. The molecule has 3 fully saturated rings. The maximum atomic E-state index is 13.5. The summed E-state index contributed by atoms with van der Waals surface area (Å²) in [6, 6.07) is 20.2. The average molecular weight is 510 g/mol. The zero-order chi connectivity index (χ0) is 25.1. The second kappa shape index (κ2) is 10.9. The zero-order valence-corrected chi connectivity index (χ0v) is 21.1. The molecule has 0 spiro atoms. The van der Waals surface area contributed by atoms with E-state index in [2.05, 4.69) is 29.2 Å². The monoisotopic (exact) mass is 509 g/mol. The summed E-state index contributed by atoms with van der Waals surface area (Å²) >= 11 is 5.93. The second-order valence-corrected chi connectivity index (χ2v) is 9.62. The van der Waals surface area contributed by atoms with Gasteiger partial charge in [0, 0.05) is 32.7 Å². The van der Waals surface area contributed by atoms with E-state index in [9.17, 15) is 9.59 Å². The van der Waals surface area contributed by atoms with Gasteiger partial charge in [0.25, 0.3) is 5.91 Å². The van der Waals surface area contributed by atoms with Crippen LogP contribution in [-0.4, -0.2) is 89.0 Å². The molecule has 8 nitrogen and oxygen atoms in total. The van der Waals surface area contributed by atoms with Crippen LogP contribution in [0.5, 0.6) is 0 Å². The number of rotatable bonds is 6. The van der Waals surface area contributed by atoms with Crippen molar-refractivity contribution >= 4 is 29.2 Å². The minimum absolute atomic E-state index is 0.145. The molecule has 0 radical (unpaired) electrons. The van der Waals surface area contributed by atoms with E-state index in [0.717, 1.165) is 11.1 Å². The molecule has 0 unspecified atom stereocenters. The lowest BCUT2D eigenvalue weighted by atomic mass is 10.0. The molecular formula is C27H31N3O5S. The number of morpholine rings is 1. The summed E-state index contributed by atoms with van der Waals surface area (Å²) in [6.07, 6.45) is -1.64. The van der Waals surface area contributed by atoms with E-state index in [1.807, 2.05) is 36.4 Å². The van der Waals surface area contributed by atoms with Crippen molar-refractivity contribution < 1.29 is 23.8 Å². The van der Waals surface area contributed by atoms with Crippen LogP contribution >= 0.6 is 12.2 Å². The molecule has 2 amide bonds. The third kappa shape index (κ3) is 5.09. The standard InChI is InChI=1S/C27H31N3O5S/c1-2-33-27(32)29-15-13-28(14-16-29)24(31)22-23-25(36)30(18-20-11-7-4-8-12-20)21(26(34-22)35-23)17-19-9-5-3-6-10-19/h3-12,21-23,26H,2,13-18H2,1H3/t21-,22+,23+,26+/m1/s1. The zero-order valence-electron chi connectivity index (χ0n) is 20.3. The number of ether oxygens (including phenoxy) is 3. The van der Waals surface area contributed by atoms with Crippen LogP contribution in [-0.2, 0) is 32.0 Å². The van der Waals surface area contributed by atoms with Crippen molar-refractivity contribution in [3.05, 3.63) is 71.8 Å². The van der Waals surface area contributed by atoms with Crippen LogP contribution in [0.1, 0.15) is 18.1 Å². The van der Waals surface area contributed by atoms with Crippen LogP contribution in [0.2, 0.25) is 0 Å². The first kappa shape index (κ1) is 24.7. The highest BCUT2D eigenvalue weighted by atomic mass is 32.1. The van der Waals surface area contributed by atoms with E-state index < -0.39 is 18.5 Å². The predicted molar refractivity (Wildman–Crippen MR) is 137 cm³/mol. The number of carbonyl (C=O) groups is 2. The van der Waals surface area contributed by atoms with Crippen molar-refractivity contribution in [2.75, 3.05) is 32.8 Å². The third-order valence-corrected chi connectivity index (χ3v) is 7.39. The first-order valence-electron chi connectivity index (χ1n) is 12.4. The molecule has 0 N–H and O–H groups in total. The molecule has 36 heavy (non-hydrogen) atoms. The maximum Gasteiger partial charge on any atom is 0.409 e. The number of hydrogen-bond acceptors (Lipinski definition) is 6. The van der Waals surface area contributed by atoms with E-state index in [-0.39, 0.29) is 18.0 Å². The fraction of sp³-hybridized carbons (Fsp3) is 0.444. The SMILES string of the molecule is CCOC(=O)N1CCN(C(=O)[C@H]2O[C@H]3O[C@@H]2C(=S)N(Cc2ccccc2)[C@@H]3Cc2ccccc2)CC1. The quantitative estimate of drug-likeness (QED) is 0.555. The summed E-state index contributed by atoms with van der Waals surface area (Å²) in [5, 5.41) is 0. The second-order valence-electron chi connectivity index (χ2n) is 9.20. The van der Waals surface area contributed by atoms with Crippen LogP contribution in [0.3, 0.4) is 0 Å². The number of hydrogen-bond donors (Lipinski definition) is 0. The van der Waals surface area contributed by atoms with Crippen molar-refractivity contribution in [3.63, 3.8) is 0 Å². The summed E-state index contributed by atoms with van der Waals surface area (Å²) in [5.41, 5.74) is 2.29. The Morgan fingerprint density at radius 1 is 0.917 bits per heavy atom.